The van der Waals surface area contributed by atoms with Crippen LogP contribution in [0.25, 0.3) is 5.52 Å². The standard InChI is InChI=1S/C15H13ClFNO4/c1-3-21-15(20)9-4-8-7(2)6-22-13-11(16)10(17)5-18(12(8)13)14(9)19/h4-5,7H,3,6H2,1-2H3/t7-/m0/s1. The fraction of sp³-hybridized carbons (Fsp3) is 0.333. The van der Waals surface area contributed by atoms with Crippen LogP contribution in [0.3, 0.4) is 0 Å². The van der Waals surface area contributed by atoms with E-state index < -0.39 is 17.3 Å². The monoisotopic (exact) mass is 325 g/mol. The van der Waals surface area contributed by atoms with E-state index in [1.165, 1.54) is 6.07 Å². The minimum Gasteiger partial charge on any atom is -0.489 e. The van der Waals surface area contributed by atoms with Gasteiger partial charge in [-0.1, -0.05) is 18.5 Å². The highest BCUT2D eigenvalue weighted by Gasteiger charge is 2.28. The van der Waals surface area contributed by atoms with Crippen molar-refractivity contribution in [1.82, 2.24) is 4.40 Å². The molecule has 0 spiro atoms. The number of hydrogen-bond acceptors (Lipinski definition) is 4. The maximum absolute atomic E-state index is 13.9. The average molecular weight is 326 g/mol. The summed E-state index contributed by atoms with van der Waals surface area (Å²) in [5.74, 6) is -1.46. The molecule has 3 heterocycles. The molecule has 116 valence electrons. The van der Waals surface area contributed by atoms with Crippen molar-refractivity contribution in [3.8, 4) is 5.75 Å². The molecular formula is C15H13ClFNO4. The van der Waals surface area contributed by atoms with Crippen molar-refractivity contribution < 1.29 is 18.7 Å². The molecule has 0 saturated carbocycles. The molecular weight excluding hydrogens is 313 g/mol. The summed E-state index contributed by atoms with van der Waals surface area (Å²) in [6.07, 6.45) is 0.969. The Kier molecular flexibility index (Phi) is 3.56. The maximum Gasteiger partial charge on any atom is 0.343 e. The third-order valence-corrected chi connectivity index (χ3v) is 3.99. The van der Waals surface area contributed by atoms with Gasteiger partial charge in [-0.25, -0.2) is 9.18 Å². The van der Waals surface area contributed by atoms with Crippen molar-refractivity contribution in [2.45, 2.75) is 19.8 Å². The number of aromatic nitrogens is 1. The molecule has 1 aliphatic rings. The summed E-state index contributed by atoms with van der Waals surface area (Å²) in [5, 5.41) is -0.170. The topological polar surface area (TPSA) is 57.0 Å². The number of carbonyl (C=O) groups is 1. The van der Waals surface area contributed by atoms with Gasteiger partial charge in [-0.3, -0.25) is 9.20 Å². The first-order chi connectivity index (χ1) is 10.5. The zero-order valence-corrected chi connectivity index (χ0v) is 12.7. The van der Waals surface area contributed by atoms with Crippen LogP contribution in [0.1, 0.15) is 35.7 Å². The van der Waals surface area contributed by atoms with Crippen LogP contribution in [-0.4, -0.2) is 23.6 Å². The Morgan fingerprint density at radius 2 is 2.32 bits per heavy atom. The number of carbonyl (C=O) groups excluding carboxylic acids is 1. The summed E-state index contributed by atoms with van der Waals surface area (Å²) >= 11 is 5.92. The van der Waals surface area contributed by atoms with Crippen LogP contribution in [0.2, 0.25) is 5.02 Å². The van der Waals surface area contributed by atoms with Crippen molar-refractivity contribution in [1.29, 1.82) is 0 Å². The number of halogens is 2. The maximum atomic E-state index is 13.9. The highest BCUT2D eigenvalue weighted by molar-refractivity contribution is 6.32. The second-order valence-electron chi connectivity index (χ2n) is 5.09. The molecule has 0 amide bonds. The van der Waals surface area contributed by atoms with Crippen molar-refractivity contribution in [3.63, 3.8) is 0 Å². The average Bonchev–Trinajstić information content (AvgIpc) is 2.48. The van der Waals surface area contributed by atoms with E-state index in [0.29, 0.717) is 11.1 Å². The van der Waals surface area contributed by atoms with Crippen LogP contribution >= 0.6 is 11.6 Å². The highest BCUT2D eigenvalue weighted by Crippen LogP contribution is 2.39. The zero-order valence-electron chi connectivity index (χ0n) is 12.0. The SMILES string of the molecule is CCOC(=O)c1cc2c3c(c(Cl)c(F)cn3c1=O)OC[C@@H]2C. The molecule has 2 aromatic rings. The molecule has 3 rings (SSSR count). The van der Waals surface area contributed by atoms with E-state index in [2.05, 4.69) is 0 Å². The molecule has 0 fully saturated rings. The van der Waals surface area contributed by atoms with E-state index in [1.54, 1.807) is 6.92 Å². The van der Waals surface area contributed by atoms with Crippen LogP contribution in [0, 0.1) is 5.82 Å². The zero-order chi connectivity index (χ0) is 16.0. The number of pyridine rings is 2. The third-order valence-electron chi connectivity index (χ3n) is 3.63. The molecule has 5 nitrogen and oxygen atoms in total. The van der Waals surface area contributed by atoms with E-state index in [-0.39, 0.29) is 35.5 Å². The number of ether oxygens (including phenoxy) is 2. The first-order valence-corrected chi connectivity index (χ1v) is 7.20. The second kappa shape index (κ2) is 5.28. The first-order valence-electron chi connectivity index (χ1n) is 6.82. The molecule has 2 aromatic heterocycles. The van der Waals surface area contributed by atoms with Gasteiger partial charge >= 0.3 is 5.97 Å². The highest BCUT2D eigenvalue weighted by atomic mass is 35.5. The predicted molar refractivity (Wildman–Crippen MR) is 78.5 cm³/mol. The Labute approximate surface area is 130 Å². The van der Waals surface area contributed by atoms with E-state index in [1.807, 2.05) is 6.92 Å². The number of hydrogen-bond donors (Lipinski definition) is 0. The Morgan fingerprint density at radius 1 is 1.59 bits per heavy atom. The van der Waals surface area contributed by atoms with Crippen molar-refractivity contribution >= 4 is 23.1 Å². The molecule has 0 radical (unpaired) electrons. The fourth-order valence-electron chi connectivity index (χ4n) is 2.56. The lowest BCUT2D eigenvalue weighted by atomic mass is 9.97. The van der Waals surface area contributed by atoms with Crippen LogP contribution in [0.5, 0.6) is 5.75 Å². The largest absolute Gasteiger partial charge is 0.489 e. The van der Waals surface area contributed by atoms with E-state index in [0.717, 1.165) is 10.6 Å². The molecule has 0 unspecified atom stereocenters. The molecule has 22 heavy (non-hydrogen) atoms. The quantitative estimate of drug-likeness (QED) is 0.797. The summed E-state index contributed by atoms with van der Waals surface area (Å²) in [6.45, 7) is 3.96. The summed E-state index contributed by atoms with van der Waals surface area (Å²) in [4.78, 5) is 24.4. The summed E-state index contributed by atoms with van der Waals surface area (Å²) in [5.41, 5.74) is 0.302. The normalized spacial score (nSPS) is 16.5. The lowest BCUT2D eigenvalue weighted by Gasteiger charge is -2.25. The molecule has 0 saturated heterocycles. The Hall–Kier alpha value is -2.08. The van der Waals surface area contributed by atoms with E-state index >= 15 is 0 Å². The lowest BCUT2D eigenvalue weighted by molar-refractivity contribution is 0.0523. The van der Waals surface area contributed by atoms with E-state index in [4.69, 9.17) is 21.1 Å². The Bertz CT molecular complexity index is 846. The fourth-order valence-corrected chi connectivity index (χ4v) is 2.76. The Morgan fingerprint density at radius 3 is 3.00 bits per heavy atom. The van der Waals surface area contributed by atoms with Crippen LogP contribution in [0.4, 0.5) is 4.39 Å². The third kappa shape index (κ3) is 2.06. The van der Waals surface area contributed by atoms with Crippen molar-refractivity contribution in [2.24, 2.45) is 0 Å². The van der Waals surface area contributed by atoms with Gasteiger partial charge < -0.3 is 9.47 Å². The van der Waals surface area contributed by atoms with Gasteiger partial charge in [-0.15, -0.1) is 0 Å². The van der Waals surface area contributed by atoms with E-state index in [9.17, 15) is 14.0 Å². The summed E-state index contributed by atoms with van der Waals surface area (Å²) in [7, 11) is 0. The number of nitrogens with zero attached hydrogens (tertiary/aromatic N) is 1. The predicted octanol–water partition coefficient (Wildman–Crippen LogP) is 2.76. The minimum atomic E-state index is -0.784. The first kappa shape index (κ1) is 14.8. The molecule has 1 aliphatic heterocycles. The smallest absolute Gasteiger partial charge is 0.343 e. The summed E-state index contributed by atoms with van der Waals surface area (Å²) in [6, 6.07) is 1.49. The van der Waals surface area contributed by atoms with Crippen LogP contribution < -0.4 is 10.3 Å². The second-order valence-corrected chi connectivity index (χ2v) is 5.47. The molecule has 7 heteroatoms. The van der Waals surface area contributed by atoms with Gasteiger partial charge in [0.1, 0.15) is 10.6 Å². The molecule has 0 aliphatic carbocycles. The molecule has 0 bridgehead atoms. The van der Waals surface area contributed by atoms with Crippen molar-refractivity contribution in [3.05, 3.63) is 44.6 Å². The van der Waals surface area contributed by atoms with Gasteiger partial charge in [-0.05, 0) is 18.6 Å². The van der Waals surface area contributed by atoms with Crippen LogP contribution in [0.15, 0.2) is 17.1 Å². The van der Waals surface area contributed by atoms with Crippen LogP contribution in [-0.2, 0) is 4.74 Å². The number of rotatable bonds is 2. The van der Waals surface area contributed by atoms with Gasteiger partial charge in [-0.2, -0.15) is 0 Å². The van der Waals surface area contributed by atoms with Gasteiger partial charge in [0.05, 0.1) is 24.9 Å². The summed E-state index contributed by atoms with van der Waals surface area (Å²) < 4.78 is 25.4. The van der Waals surface area contributed by atoms with Gasteiger partial charge in [0.15, 0.2) is 11.6 Å². The number of esters is 1. The van der Waals surface area contributed by atoms with Gasteiger partial charge in [0, 0.05) is 5.92 Å². The molecule has 1 atom stereocenters. The van der Waals surface area contributed by atoms with Crippen molar-refractivity contribution in [2.75, 3.05) is 13.2 Å². The minimum absolute atomic E-state index is 0.0715. The van der Waals surface area contributed by atoms with Gasteiger partial charge in [0.25, 0.3) is 5.56 Å². The lowest BCUT2D eigenvalue weighted by Crippen LogP contribution is -2.28. The molecule has 0 aromatic carbocycles. The Balaban J connectivity index is 2.42. The molecule has 0 N–H and O–H groups in total. The van der Waals surface area contributed by atoms with Gasteiger partial charge in [0.2, 0.25) is 0 Å².